The number of carbonyl (C=O) groups excluding carboxylic acids is 1. The Kier molecular flexibility index (Phi) is 4.18. The van der Waals surface area contributed by atoms with Crippen molar-refractivity contribution in [1.82, 2.24) is 10.5 Å². The van der Waals surface area contributed by atoms with Gasteiger partial charge in [-0.1, -0.05) is 10.3 Å². The van der Waals surface area contributed by atoms with Crippen LogP contribution >= 0.6 is 0 Å². The number of carbonyl (C=O) groups is 1. The number of nitrogens with two attached hydrogens (primary N) is 1. The summed E-state index contributed by atoms with van der Waals surface area (Å²) in [6.07, 6.45) is 0. The van der Waals surface area contributed by atoms with Crippen LogP contribution in [0.2, 0.25) is 0 Å². The predicted molar refractivity (Wildman–Crippen MR) is 69.7 cm³/mol. The summed E-state index contributed by atoms with van der Waals surface area (Å²) in [7, 11) is 0. The van der Waals surface area contributed by atoms with Crippen LogP contribution in [0.25, 0.3) is 0 Å². The lowest BCUT2D eigenvalue weighted by molar-refractivity contribution is -0.127. The summed E-state index contributed by atoms with van der Waals surface area (Å²) in [5, 5.41) is 18.2. The molecule has 4 N–H and O–H groups in total. The Morgan fingerprint density at radius 3 is 2.53 bits per heavy atom. The number of aromatic nitrogens is 1. The van der Waals surface area contributed by atoms with E-state index in [0.29, 0.717) is 5.76 Å². The Bertz CT molecular complexity index is 486. The maximum atomic E-state index is 12.2. The summed E-state index contributed by atoms with van der Waals surface area (Å²) in [4.78, 5) is 12.2. The molecule has 106 valence electrons. The second kappa shape index (κ2) is 5.29. The molecule has 0 saturated heterocycles. The lowest BCUT2D eigenvalue weighted by Crippen LogP contribution is -2.46. The second-order valence-corrected chi connectivity index (χ2v) is 5.04. The van der Waals surface area contributed by atoms with Crippen LogP contribution in [0.3, 0.4) is 0 Å². The van der Waals surface area contributed by atoms with E-state index in [0.717, 1.165) is 11.3 Å². The molecule has 0 bridgehead atoms. The number of nitrogens with zero attached hydrogens (tertiary/aromatic N) is 2. The number of amidine groups is 1. The molecule has 7 nitrogen and oxygen atoms in total. The van der Waals surface area contributed by atoms with Crippen molar-refractivity contribution in [2.75, 3.05) is 0 Å². The van der Waals surface area contributed by atoms with Crippen molar-refractivity contribution in [3.05, 3.63) is 17.0 Å². The van der Waals surface area contributed by atoms with Gasteiger partial charge in [-0.25, -0.2) is 0 Å². The number of rotatable bonds is 4. The molecule has 1 atom stereocenters. The van der Waals surface area contributed by atoms with Gasteiger partial charge in [-0.3, -0.25) is 4.79 Å². The van der Waals surface area contributed by atoms with Crippen LogP contribution in [0, 0.1) is 19.3 Å². The van der Waals surface area contributed by atoms with E-state index in [1.807, 2.05) is 13.8 Å². The van der Waals surface area contributed by atoms with Crippen LogP contribution in [0.4, 0.5) is 0 Å². The van der Waals surface area contributed by atoms with Crippen LogP contribution in [-0.4, -0.2) is 22.1 Å². The monoisotopic (exact) mass is 268 g/mol. The van der Waals surface area contributed by atoms with Gasteiger partial charge in [0.05, 0.1) is 11.7 Å². The number of oxime groups is 1. The van der Waals surface area contributed by atoms with Crippen molar-refractivity contribution < 1.29 is 14.5 Å². The highest BCUT2D eigenvalue weighted by Gasteiger charge is 2.34. The Morgan fingerprint density at radius 1 is 1.53 bits per heavy atom. The van der Waals surface area contributed by atoms with Gasteiger partial charge >= 0.3 is 0 Å². The fourth-order valence-corrected chi connectivity index (χ4v) is 1.80. The standard InChI is InChI=1S/C12H20N4O3/c1-6(9-7(2)16-19-8(9)3)14-11(17)12(4,5)10(13)15-18/h6,18H,1-5H3,(H2,13,15)(H,14,17). The number of aryl methyl sites for hydroxylation is 2. The largest absolute Gasteiger partial charge is 0.409 e. The first-order valence-electron chi connectivity index (χ1n) is 5.93. The van der Waals surface area contributed by atoms with Crippen LogP contribution in [-0.2, 0) is 4.79 Å². The van der Waals surface area contributed by atoms with Crippen LogP contribution in [0.5, 0.6) is 0 Å². The maximum absolute atomic E-state index is 12.2. The Morgan fingerprint density at radius 2 is 2.11 bits per heavy atom. The Hall–Kier alpha value is -2.05. The predicted octanol–water partition coefficient (Wildman–Crippen LogP) is 1.24. The van der Waals surface area contributed by atoms with E-state index in [1.165, 1.54) is 0 Å². The molecule has 1 unspecified atom stereocenters. The first kappa shape index (κ1) is 15.0. The molecule has 0 aliphatic heterocycles. The van der Waals surface area contributed by atoms with E-state index < -0.39 is 5.41 Å². The van der Waals surface area contributed by atoms with Gasteiger partial charge < -0.3 is 20.8 Å². The molecular weight excluding hydrogens is 248 g/mol. The van der Waals surface area contributed by atoms with Gasteiger partial charge in [-0.2, -0.15) is 0 Å². The Labute approximate surface area is 111 Å². The van der Waals surface area contributed by atoms with Crippen molar-refractivity contribution in [3.63, 3.8) is 0 Å². The van der Waals surface area contributed by atoms with E-state index in [9.17, 15) is 4.79 Å². The molecule has 1 amide bonds. The van der Waals surface area contributed by atoms with Crippen molar-refractivity contribution in [3.8, 4) is 0 Å². The van der Waals surface area contributed by atoms with Crippen LogP contribution in [0.15, 0.2) is 9.68 Å². The van der Waals surface area contributed by atoms with Gasteiger partial charge in [-0.15, -0.1) is 0 Å². The molecule has 0 radical (unpaired) electrons. The number of hydrogen-bond donors (Lipinski definition) is 3. The molecule has 1 heterocycles. The van der Waals surface area contributed by atoms with Crippen LogP contribution < -0.4 is 11.1 Å². The molecule has 0 aromatic carbocycles. The van der Waals surface area contributed by atoms with Crippen molar-refractivity contribution in [1.29, 1.82) is 0 Å². The highest BCUT2D eigenvalue weighted by Crippen LogP contribution is 2.23. The number of amides is 1. The molecule has 0 aliphatic carbocycles. The summed E-state index contributed by atoms with van der Waals surface area (Å²) in [5.74, 6) is 0.179. The lowest BCUT2D eigenvalue weighted by atomic mass is 9.90. The third-order valence-corrected chi connectivity index (χ3v) is 3.18. The average Bonchev–Trinajstić information content (AvgIpc) is 2.67. The summed E-state index contributed by atoms with van der Waals surface area (Å²) >= 11 is 0. The smallest absolute Gasteiger partial charge is 0.233 e. The maximum Gasteiger partial charge on any atom is 0.233 e. The van der Waals surface area contributed by atoms with E-state index in [4.69, 9.17) is 15.5 Å². The molecule has 1 rings (SSSR count). The first-order valence-corrected chi connectivity index (χ1v) is 5.93. The first-order chi connectivity index (χ1) is 8.71. The van der Waals surface area contributed by atoms with Gasteiger partial charge in [0, 0.05) is 5.56 Å². The van der Waals surface area contributed by atoms with Crippen molar-refractivity contribution in [2.45, 2.75) is 40.7 Å². The molecule has 19 heavy (non-hydrogen) atoms. The summed E-state index contributed by atoms with van der Waals surface area (Å²) in [6.45, 7) is 8.58. The summed E-state index contributed by atoms with van der Waals surface area (Å²) in [6, 6.07) is -0.274. The van der Waals surface area contributed by atoms with Gasteiger partial charge in [0.15, 0.2) is 5.84 Å². The lowest BCUT2D eigenvalue weighted by Gasteiger charge is -2.24. The zero-order chi connectivity index (χ0) is 14.8. The zero-order valence-corrected chi connectivity index (χ0v) is 11.8. The quantitative estimate of drug-likeness (QED) is 0.329. The normalized spacial score (nSPS) is 14.3. The molecule has 1 aromatic rings. The topological polar surface area (TPSA) is 114 Å². The van der Waals surface area contributed by atoms with E-state index >= 15 is 0 Å². The van der Waals surface area contributed by atoms with E-state index in [2.05, 4.69) is 15.6 Å². The molecular formula is C12H20N4O3. The highest BCUT2D eigenvalue weighted by molar-refractivity contribution is 6.05. The van der Waals surface area contributed by atoms with Crippen LogP contribution in [0.1, 0.15) is 43.8 Å². The minimum Gasteiger partial charge on any atom is -0.409 e. The Balaban J connectivity index is 2.89. The molecule has 0 fully saturated rings. The number of nitrogens with one attached hydrogen (secondary N) is 1. The van der Waals surface area contributed by atoms with E-state index in [1.54, 1.807) is 20.8 Å². The second-order valence-electron chi connectivity index (χ2n) is 5.04. The third-order valence-electron chi connectivity index (χ3n) is 3.18. The zero-order valence-electron chi connectivity index (χ0n) is 11.8. The fraction of sp³-hybridized carbons (Fsp3) is 0.583. The molecule has 0 spiro atoms. The minimum atomic E-state index is -1.10. The molecule has 7 heteroatoms. The molecule has 1 aromatic heterocycles. The highest BCUT2D eigenvalue weighted by atomic mass is 16.5. The summed E-state index contributed by atoms with van der Waals surface area (Å²) < 4.78 is 5.06. The summed E-state index contributed by atoms with van der Waals surface area (Å²) in [5.41, 5.74) is 5.98. The number of hydrogen-bond acceptors (Lipinski definition) is 5. The van der Waals surface area contributed by atoms with Crippen molar-refractivity contribution in [2.24, 2.45) is 16.3 Å². The molecule has 0 saturated carbocycles. The van der Waals surface area contributed by atoms with Gasteiger partial charge in [0.2, 0.25) is 5.91 Å². The van der Waals surface area contributed by atoms with Gasteiger partial charge in [0.25, 0.3) is 0 Å². The van der Waals surface area contributed by atoms with Gasteiger partial charge in [-0.05, 0) is 34.6 Å². The van der Waals surface area contributed by atoms with Crippen molar-refractivity contribution >= 4 is 11.7 Å². The SMILES string of the molecule is Cc1noc(C)c1C(C)NC(=O)C(C)(C)C(N)=NO. The molecule has 0 aliphatic rings. The average molecular weight is 268 g/mol. The third kappa shape index (κ3) is 2.86. The minimum absolute atomic E-state index is 0.143. The fourth-order valence-electron chi connectivity index (χ4n) is 1.80. The van der Waals surface area contributed by atoms with Gasteiger partial charge in [0.1, 0.15) is 11.2 Å². The van der Waals surface area contributed by atoms with E-state index in [-0.39, 0.29) is 17.8 Å².